The van der Waals surface area contributed by atoms with E-state index in [0.717, 1.165) is 11.3 Å². The topological polar surface area (TPSA) is 43.8 Å². The third-order valence-electron chi connectivity index (χ3n) is 2.72. The molecule has 0 radical (unpaired) electrons. The van der Waals surface area contributed by atoms with E-state index >= 15 is 0 Å². The Morgan fingerprint density at radius 2 is 1.87 bits per heavy atom. The van der Waals surface area contributed by atoms with E-state index in [4.69, 9.17) is 5.73 Å². The highest BCUT2D eigenvalue weighted by atomic mass is 15.3. The summed E-state index contributed by atoms with van der Waals surface area (Å²) in [5.74, 6) is 0.684. The van der Waals surface area contributed by atoms with Crippen LogP contribution in [0, 0.1) is 13.8 Å². The number of anilines is 1. The molecule has 0 fully saturated rings. The van der Waals surface area contributed by atoms with Gasteiger partial charge < -0.3 is 5.73 Å². The SMILES string of the molecule is Cc1ccc(-c2cc(N)n(C)n2)cc1C. The molecule has 0 spiro atoms. The maximum absolute atomic E-state index is 5.75. The zero-order valence-corrected chi connectivity index (χ0v) is 9.28. The lowest BCUT2D eigenvalue weighted by atomic mass is 10.0. The van der Waals surface area contributed by atoms with E-state index in [9.17, 15) is 0 Å². The molecule has 1 aromatic carbocycles. The van der Waals surface area contributed by atoms with Crippen LogP contribution in [-0.2, 0) is 7.05 Å². The number of hydrogen-bond acceptors (Lipinski definition) is 2. The molecular weight excluding hydrogens is 186 g/mol. The van der Waals surface area contributed by atoms with E-state index in [2.05, 4.69) is 37.1 Å². The van der Waals surface area contributed by atoms with Crippen molar-refractivity contribution in [3.05, 3.63) is 35.4 Å². The van der Waals surface area contributed by atoms with Crippen molar-refractivity contribution >= 4 is 5.82 Å². The van der Waals surface area contributed by atoms with Gasteiger partial charge in [-0.25, -0.2) is 0 Å². The average molecular weight is 201 g/mol. The molecule has 1 aromatic heterocycles. The molecule has 0 amide bonds. The minimum atomic E-state index is 0.684. The largest absolute Gasteiger partial charge is 0.384 e. The third kappa shape index (κ3) is 1.73. The number of hydrogen-bond donors (Lipinski definition) is 1. The second-order valence-electron chi connectivity index (χ2n) is 3.88. The Labute approximate surface area is 89.5 Å². The van der Waals surface area contributed by atoms with Crippen LogP contribution in [0.4, 0.5) is 5.82 Å². The number of nitrogen functional groups attached to an aromatic ring is 1. The van der Waals surface area contributed by atoms with Crippen molar-refractivity contribution in [2.45, 2.75) is 13.8 Å². The van der Waals surface area contributed by atoms with Gasteiger partial charge in [-0.3, -0.25) is 4.68 Å². The summed E-state index contributed by atoms with van der Waals surface area (Å²) in [5.41, 5.74) is 10.4. The van der Waals surface area contributed by atoms with E-state index in [1.165, 1.54) is 11.1 Å². The van der Waals surface area contributed by atoms with Crippen LogP contribution in [0.3, 0.4) is 0 Å². The Morgan fingerprint density at radius 3 is 2.40 bits per heavy atom. The fourth-order valence-electron chi connectivity index (χ4n) is 1.52. The standard InChI is InChI=1S/C12H15N3/c1-8-4-5-10(6-9(8)2)11-7-12(13)15(3)14-11/h4-7H,13H2,1-3H3. The van der Waals surface area contributed by atoms with Crippen LogP contribution in [0.25, 0.3) is 11.3 Å². The molecule has 15 heavy (non-hydrogen) atoms. The molecule has 3 heteroatoms. The lowest BCUT2D eigenvalue weighted by Crippen LogP contribution is -1.96. The van der Waals surface area contributed by atoms with Crippen molar-refractivity contribution < 1.29 is 0 Å². The molecule has 0 aliphatic carbocycles. The minimum absolute atomic E-state index is 0.684. The molecule has 2 aromatic rings. The zero-order chi connectivity index (χ0) is 11.0. The predicted octanol–water partition coefficient (Wildman–Crippen LogP) is 2.29. The first-order valence-corrected chi connectivity index (χ1v) is 4.95. The van der Waals surface area contributed by atoms with Crippen molar-refractivity contribution in [2.75, 3.05) is 5.73 Å². The number of benzene rings is 1. The molecule has 2 rings (SSSR count). The highest BCUT2D eigenvalue weighted by molar-refractivity contribution is 5.63. The number of aromatic nitrogens is 2. The second kappa shape index (κ2) is 3.42. The Hall–Kier alpha value is -1.77. The second-order valence-corrected chi connectivity index (χ2v) is 3.88. The molecule has 0 bridgehead atoms. The summed E-state index contributed by atoms with van der Waals surface area (Å²) in [4.78, 5) is 0. The molecule has 0 saturated carbocycles. The van der Waals surface area contributed by atoms with Crippen molar-refractivity contribution in [3.63, 3.8) is 0 Å². The maximum atomic E-state index is 5.75. The monoisotopic (exact) mass is 201 g/mol. The van der Waals surface area contributed by atoms with Crippen molar-refractivity contribution in [3.8, 4) is 11.3 Å². The quantitative estimate of drug-likeness (QED) is 0.769. The molecule has 0 aliphatic rings. The van der Waals surface area contributed by atoms with Gasteiger partial charge in [0.15, 0.2) is 0 Å². The van der Waals surface area contributed by atoms with Gasteiger partial charge in [0.1, 0.15) is 5.82 Å². The van der Waals surface area contributed by atoms with Crippen LogP contribution in [0.15, 0.2) is 24.3 Å². The number of rotatable bonds is 1. The van der Waals surface area contributed by atoms with E-state index in [0.29, 0.717) is 5.82 Å². The van der Waals surface area contributed by atoms with Gasteiger partial charge >= 0.3 is 0 Å². The summed E-state index contributed by atoms with van der Waals surface area (Å²) in [5, 5.41) is 4.34. The smallest absolute Gasteiger partial charge is 0.121 e. The molecule has 0 atom stereocenters. The molecule has 1 heterocycles. The van der Waals surface area contributed by atoms with E-state index in [-0.39, 0.29) is 0 Å². The number of nitrogens with zero attached hydrogens (tertiary/aromatic N) is 2. The maximum Gasteiger partial charge on any atom is 0.121 e. The van der Waals surface area contributed by atoms with Crippen LogP contribution in [0.5, 0.6) is 0 Å². The average Bonchev–Trinajstić information content (AvgIpc) is 2.52. The summed E-state index contributed by atoms with van der Waals surface area (Å²) >= 11 is 0. The van der Waals surface area contributed by atoms with E-state index in [1.807, 2.05) is 13.1 Å². The van der Waals surface area contributed by atoms with Gasteiger partial charge in [-0.15, -0.1) is 0 Å². The first-order chi connectivity index (χ1) is 7.08. The molecule has 2 N–H and O–H groups in total. The Kier molecular flexibility index (Phi) is 2.23. The predicted molar refractivity (Wildman–Crippen MR) is 62.5 cm³/mol. The lowest BCUT2D eigenvalue weighted by molar-refractivity contribution is 0.782. The van der Waals surface area contributed by atoms with Crippen LogP contribution < -0.4 is 5.73 Å². The Balaban J connectivity index is 2.49. The first-order valence-electron chi connectivity index (χ1n) is 4.95. The number of aryl methyl sites for hydroxylation is 3. The highest BCUT2D eigenvalue weighted by Crippen LogP contribution is 2.22. The molecular formula is C12H15N3. The highest BCUT2D eigenvalue weighted by Gasteiger charge is 2.05. The van der Waals surface area contributed by atoms with E-state index in [1.54, 1.807) is 4.68 Å². The zero-order valence-electron chi connectivity index (χ0n) is 9.28. The Morgan fingerprint density at radius 1 is 1.13 bits per heavy atom. The summed E-state index contributed by atoms with van der Waals surface area (Å²) in [6.07, 6.45) is 0. The van der Waals surface area contributed by atoms with Crippen molar-refractivity contribution in [2.24, 2.45) is 7.05 Å². The van der Waals surface area contributed by atoms with Gasteiger partial charge in [0.2, 0.25) is 0 Å². The summed E-state index contributed by atoms with van der Waals surface area (Å²) < 4.78 is 1.69. The van der Waals surface area contributed by atoms with E-state index < -0.39 is 0 Å². The molecule has 0 aliphatic heterocycles. The van der Waals surface area contributed by atoms with Crippen molar-refractivity contribution in [1.29, 1.82) is 0 Å². The first kappa shape index (κ1) is 9.77. The van der Waals surface area contributed by atoms with Crippen LogP contribution in [-0.4, -0.2) is 9.78 Å². The number of nitrogens with two attached hydrogens (primary N) is 1. The third-order valence-corrected chi connectivity index (χ3v) is 2.72. The molecule has 0 unspecified atom stereocenters. The summed E-state index contributed by atoms with van der Waals surface area (Å²) in [7, 11) is 1.85. The Bertz CT molecular complexity index is 478. The van der Waals surface area contributed by atoms with Gasteiger partial charge in [0.05, 0.1) is 5.69 Å². The molecule has 0 saturated heterocycles. The van der Waals surface area contributed by atoms with Gasteiger partial charge in [-0.1, -0.05) is 12.1 Å². The van der Waals surface area contributed by atoms with Crippen LogP contribution in [0.2, 0.25) is 0 Å². The fourth-order valence-corrected chi connectivity index (χ4v) is 1.52. The van der Waals surface area contributed by atoms with Crippen LogP contribution in [0.1, 0.15) is 11.1 Å². The lowest BCUT2D eigenvalue weighted by Gasteiger charge is -2.01. The van der Waals surface area contributed by atoms with Crippen LogP contribution >= 0.6 is 0 Å². The van der Waals surface area contributed by atoms with Gasteiger partial charge in [0.25, 0.3) is 0 Å². The van der Waals surface area contributed by atoms with Gasteiger partial charge in [-0.2, -0.15) is 5.10 Å². The normalized spacial score (nSPS) is 10.6. The minimum Gasteiger partial charge on any atom is -0.384 e. The van der Waals surface area contributed by atoms with Gasteiger partial charge in [0, 0.05) is 18.7 Å². The fraction of sp³-hybridized carbons (Fsp3) is 0.250. The molecule has 78 valence electrons. The summed E-state index contributed by atoms with van der Waals surface area (Å²) in [6.45, 7) is 4.21. The summed E-state index contributed by atoms with van der Waals surface area (Å²) in [6, 6.07) is 8.21. The van der Waals surface area contributed by atoms with Crippen molar-refractivity contribution in [1.82, 2.24) is 9.78 Å². The van der Waals surface area contributed by atoms with Gasteiger partial charge in [-0.05, 0) is 31.0 Å². The molecule has 3 nitrogen and oxygen atoms in total.